The monoisotopic (exact) mass is 290 g/mol. The van der Waals surface area contributed by atoms with Gasteiger partial charge in [-0.25, -0.2) is 0 Å². The van der Waals surface area contributed by atoms with Crippen molar-refractivity contribution in [2.75, 3.05) is 12.3 Å². The summed E-state index contributed by atoms with van der Waals surface area (Å²) in [6.45, 7) is 2.66. The molecule has 1 heterocycles. The van der Waals surface area contributed by atoms with Gasteiger partial charge in [-0.1, -0.05) is 30.3 Å². The third-order valence-electron chi connectivity index (χ3n) is 2.22. The van der Waals surface area contributed by atoms with Gasteiger partial charge in [0.25, 0.3) is 6.47 Å². The van der Waals surface area contributed by atoms with Crippen LogP contribution in [0.1, 0.15) is 12.5 Å². The number of rotatable bonds is 5. The average Bonchev–Trinajstić information content (AvgIpc) is 2.48. The highest BCUT2D eigenvalue weighted by atomic mass is 32.2. The number of nitrogens with zero attached hydrogens (tertiary/aromatic N) is 1. The summed E-state index contributed by atoms with van der Waals surface area (Å²) in [4.78, 5) is 14.3. The van der Waals surface area contributed by atoms with E-state index < -0.39 is 0 Å². The van der Waals surface area contributed by atoms with E-state index in [0.717, 1.165) is 10.6 Å². The summed E-state index contributed by atoms with van der Waals surface area (Å²) < 4.78 is 4.15. The summed E-state index contributed by atoms with van der Waals surface area (Å²) in [5, 5.41) is 0. The molecule has 0 aliphatic carbocycles. The number of benzene rings is 1. The van der Waals surface area contributed by atoms with Gasteiger partial charge in [-0.05, 0) is 18.6 Å². The lowest BCUT2D eigenvalue weighted by Crippen LogP contribution is -1.86. The van der Waals surface area contributed by atoms with Crippen LogP contribution in [0, 0.1) is 0 Å². The molecule has 0 saturated carbocycles. The number of nitrogens with two attached hydrogens (primary N) is 1. The number of hydrogen-bond acceptors (Lipinski definition) is 5. The van der Waals surface area contributed by atoms with Crippen LogP contribution in [0.2, 0.25) is 0 Å². The maximum atomic E-state index is 9.18. The molecule has 0 aliphatic rings. The fourth-order valence-electron chi connectivity index (χ4n) is 1.32. The number of ether oxygens (including phenoxy) is 1. The van der Waals surface area contributed by atoms with Gasteiger partial charge in [-0.3, -0.25) is 9.78 Å². The first-order valence-electron chi connectivity index (χ1n) is 6.18. The van der Waals surface area contributed by atoms with Gasteiger partial charge in [0.2, 0.25) is 0 Å². The smallest absolute Gasteiger partial charge is 0.293 e. The molecule has 0 spiro atoms. The second-order valence-electron chi connectivity index (χ2n) is 3.78. The minimum Gasteiger partial charge on any atom is -0.468 e. The van der Waals surface area contributed by atoms with E-state index in [1.54, 1.807) is 24.9 Å². The van der Waals surface area contributed by atoms with Crippen LogP contribution in [0.3, 0.4) is 0 Å². The van der Waals surface area contributed by atoms with Crippen LogP contribution in [-0.4, -0.2) is 18.1 Å². The van der Waals surface area contributed by atoms with E-state index in [0.29, 0.717) is 18.8 Å². The number of pyridine rings is 1. The second-order valence-corrected chi connectivity index (χ2v) is 4.83. The molecule has 2 N–H and O–H groups in total. The van der Waals surface area contributed by atoms with Crippen molar-refractivity contribution in [3.63, 3.8) is 0 Å². The first-order valence-corrected chi connectivity index (χ1v) is 7.17. The maximum absolute atomic E-state index is 9.18. The van der Waals surface area contributed by atoms with Crippen molar-refractivity contribution in [2.24, 2.45) is 0 Å². The van der Waals surface area contributed by atoms with Gasteiger partial charge in [0.1, 0.15) is 0 Å². The highest BCUT2D eigenvalue weighted by molar-refractivity contribution is 7.98. The molecule has 4 nitrogen and oxygen atoms in total. The molecule has 2 rings (SSSR count). The van der Waals surface area contributed by atoms with Crippen molar-refractivity contribution in [3.05, 3.63) is 54.4 Å². The molecule has 0 atom stereocenters. The predicted molar refractivity (Wildman–Crippen MR) is 82.3 cm³/mol. The van der Waals surface area contributed by atoms with Crippen molar-refractivity contribution in [2.45, 2.75) is 17.6 Å². The zero-order valence-electron chi connectivity index (χ0n) is 11.4. The molecule has 1 aromatic carbocycles. The van der Waals surface area contributed by atoms with E-state index in [4.69, 9.17) is 5.73 Å². The predicted octanol–water partition coefficient (Wildman–Crippen LogP) is 3.14. The molecule has 106 valence electrons. The molecule has 0 saturated heterocycles. The summed E-state index contributed by atoms with van der Waals surface area (Å²) >= 11 is 1.75. The Morgan fingerprint density at radius 1 is 1.30 bits per heavy atom. The van der Waals surface area contributed by atoms with Crippen LogP contribution < -0.4 is 5.73 Å². The van der Waals surface area contributed by atoms with Gasteiger partial charge >= 0.3 is 0 Å². The van der Waals surface area contributed by atoms with Crippen molar-refractivity contribution in [3.8, 4) is 0 Å². The van der Waals surface area contributed by atoms with Crippen molar-refractivity contribution < 1.29 is 9.53 Å². The molecule has 5 heteroatoms. The highest BCUT2D eigenvalue weighted by Crippen LogP contribution is 2.22. The average molecular weight is 290 g/mol. The Morgan fingerprint density at radius 2 is 2.05 bits per heavy atom. The third kappa shape index (κ3) is 6.80. The van der Waals surface area contributed by atoms with Crippen LogP contribution in [0.5, 0.6) is 0 Å². The molecular weight excluding hydrogens is 272 g/mol. The zero-order chi connectivity index (χ0) is 14.6. The van der Waals surface area contributed by atoms with E-state index in [1.807, 2.05) is 30.5 Å². The minimum absolute atomic E-state index is 0.431. The molecule has 1 aromatic heterocycles. The van der Waals surface area contributed by atoms with Crippen LogP contribution in [0.15, 0.2) is 53.7 Å². The fraction of sp³-hybridized carbons (Fsp3) is 0.200. The second kappa shape index (κ2) is 9.86. The Morgan fingerprint density at radius 3 is 2.60 bits per heavy atom. The van der Waals surface area contributed by atoms with E-state index in [-0.39, 0.29) is 0 Å². The molecule has 0 aliphatic heterocycles. The van der Waals surface area contributed by atoms with Crippen LogP contribution >= 0.6 is 11.8 Å². The minimum atomic E-state index is 0.431. The van der Waals surface area contributed by atoms with E-state index in [2.05, 4.69) is 21.9 Å². The summed E-state index contributed by atoms with van der Waals surface area (Å²) in [6.07, 6.45) is 3.50. The number of anilines is 1. The molecule has 0 amide bonds. The van der Waals surface area contributed by atoms with Crippen LogP contribution in [0.25, 0.3) is 0 Å². The molecule has 0 bridgehead atoms. The number of nitrogen functional groups attached to an aromatic ring is 1. The molecule has 20 heavy (non-hydrogen) atoms. The van der Waals surface area contributed by atoms with Gasteiger partial charge in [-0.2, -0.15) is 0 Å². The normalized spacial score (nSPS) is 9.25. The molecule has 0 radical (unpaired) electrons. The largest absolute Gasteiger partial charge is 0.468 e. The zero-order valence-corrected chi connectivity index (χ0v) is 12.2. The van der Waals surface area contributed by atoms with E-state index in [9.17, 15) is 4.79 Å². The summed E-state index contributed by atoms with van der Waals surface area (Å²) in [6, 6.07) is 12.3. The Kier molecular flexibility index (Phi) is 7.91. The lowest BCUT2D eigenvalue weighted by Gasteiger charge is -2.01. The Labute approximate surface area is 123 Å². The fourth-order valence-corrected chi connectivity index (χ4v) is 2.20. The molecular formula is C15H18N2O2S. The number of carbonyl (C=O) groups excluding carboxylic acids is 1. The van der Waals surface area contributed by atoms with Crippen molar-refractivity contribution in [1.82, 2.24) is 4.98 Å². The van der Waals surface area contributed by atoms with Gasteiger partial charge < -0.3 is 10.5 Å². The quantitative estimate of drug-likeness (QED) is 0.677. The Bertz CT molecular complexity index is 506. The Hall–Kier alpha value is -2.01. The number of aromatic nitrogens is 1. The van der Waals surface area contributed by atoms with Crippen LogP contribution in [0.4, 0.5) is 5.69 Å². The summed E-state index contributed by atoms with van der Waals surface area (Å²) in [5.41, 5.74) is 7.68. The SMILES string of the molecule is CCOC=O.Nc1cncc(SCc2ccccc2)c1. The maximum Gasteiger partial charge on any atom is 0.293 e. The summed E-state index contributed by atoms with van der Waals surface area (Å²) in [5.74, 6) is 0.950. The van der Waals surface area contributed by atoms with Gasteiger partial charge in [0, 0.05) is 23.0 Å². The lowest BCUT2D eigenvalue weighted by molar-refractivity contribution is -0.128. The first kappa shape index (κ1) is 16.0. The topological polar surface area (TPSA) is 65.2 Å². The Balaban J connectivity index is 0.000000347. The third-order valence-corrected chi connectivity index (χ3v) is 3.25. The number of hydrogen-bond donors (Lipinski definition) is 1. The van der Waals surface area contributed by atoms with Gasteiger partial charge in [0.05, 0.1) is 12.3 Å². The summed E-state index contributed by atoms with van der Waals surface area (Å²) in [7, 11) is 0. The van der Waals surface area contributed by atoms with E-state index in [1.165, 1.54) is 5.56 Å². The van der Waals surface area contributed by atoms with E-state index >= 15 is 0 Å². The highest BCUT2D eigenvalue weighted by Gasteiger charge is 1.96. The van der Waals surface area contributed by atoms with Crippen molar-refractivity contribution in [1.29, 1.82) is 0 Å². The number of thioether (sulfide) groups is 1. The lowest BCUT2D eigenvalue weighted by atomic mass is 10.2. The molecule has 0 unspecified atom stereocenters. The van der Waals surface area contributed by atoms with Gasteiger partial charge in [-0.15, -0.1) is 11.8 Å². The first-order chi connectivity index (χ1) is 9.76. The molecule has 2 aromatic rings. The van der Waals surface area contributed by atoms with Crippen LogP contribution in [-0.2, 0) is 15.3 Å². The van der Waals surface area contributed by atoms with Crippen molar-refractivity contribution >= 4 is 23.9 Å². The number of carbonyl (C=O) groups is 1. The molecule has 0 fully saturated rings. The van der Waals surface area contributed by atoms with Gasteiger partial charge in [0.15, 0.2) is 0 Å². The standard InChI is InChI=1S/C12H12N2S.C3H6O2/c13-11-6-12(8-14-7-11)15-9-10-4-2-1-3-5-10;1-2-5-3-4/h1-8H,9,13H2;3H,2H2,1H3.